The van der Waals surface area contributed by atoms with Gasteiger partial charge in [0, 0.05) is 11.4 Å². The summed E-state index contributed by atoms with van der Waals surface area (Å²) >= 11 is 0. The van der Waals surface area contributed by atoms with Crippen LogP contribution in [0, 0.1) is 13.8 Å². The molecule has 1 rings (SSSR count). The Morgan fingerprint density at radius 2 is 1.78 bits per heavy atom. The molecule has 0 atom stereocenters. The van der Waals surface area contributed by atoms with Gasteiger partial charge in [-0.25, -0.2) is 0 Å². The Morgan fingerprint density at radius 1 is 1.11 bits per heavy atom. The molecule has 0 amide bonds. The van der Waals surface area contributed by atoms with Gasteiger partial charge in [-0.15, -0.1) is 0 Å². The molecule has 0 aliphatic carbocycles. The predicted molar refractivity (Wildman–Crippen MR) is 80.4 cm³/mol. The van der Waals surface area contributed by atoms with Gasteiger partial charge >= 0.3 is 0 Å². The highest BCUT2D eigenvalue weighted by Gasteiger charge is 2.01. The average Bonchev–Trinajstić information content (AvgIpc) is 2.32. The Balaban J connectivity index is 2.62. The average molecular weight is 242 g/mol. The van der Waals surface area contributed by atoms with Crippen molar-refractivity contribution >= 4 is 5.69 Å². The van der Waals surface area contributed by atoms with Gasteiger partial charge < -0.3 is 10.6 Å². The smallest absolute Gasteiger partial charge is 0.100 e. The Bertz CT molecular complexity index is 484. The fourth-order valence-electron chi connectivity index (χ4n) is 1.51. The maximum Gasteiger partial charge on any atom is 0.100 e. The Labute approximate surface area is 110 Å². The van der Waals surface area contributed by atoms with Crippen molar-refractivity contribution in [3.63, 3.8) is 0 Å². The van der Waals surface area contributed by atoms with E-state index in [2.05, 4.69) is 63.3 Å². The SMILES string of the molecule is C=C(NC(=C)C(=C)CC)Nc1ccc(C)c(C)c1. The lowest BCUT2D eigenvalue weighted by atomic mass is 10.1. The summed E-state index contributed by atoms with van der Waals surface area (Å²) in [6, 6.07) is 6.22. The van der Waals surface area contributed by atoms with Crippen LogP contribution in [0.4, 0.5) is 5.69 Å². The van der Waals surface area contributed by atoms with Crippen LogP contribution in [-0.4, -0.2) is 0 Å². The fraction of sp³-hybridized carbons (Fsp3) is 0.250. The molecule has 18 heavy (non-hydrogen) atoms. The predicted octanol–water partition coefficient (Wildman–Crippen LogP) is 4.26. The first-order valence-electron chi connectivity index (χ1n) is 6.11. The number of benzene rings is 1. The molecule has 96 valence electrons. The summed E-state index contributed by atoms with van der Waals surface area (Å²) in [6.07, 6.45) is 0.878. The number of hydrogen-bond donors (Lipinski definition) is 2. The molecule has 2 N–H and O–H groups in total. The van der Waals surface area contributed by atoms with Gasteiger partial charge in [0.25, 0.3) is 0 Å². The zero-order valence-corrected chi connectivity index (χ0v) is 11.6. The van der Waals surface area contributed by atoms with Crippen LogP contribution >= 0.6 is 0 Å². The maximum absolute atomic E-state index is 3.93. The Hall–Kier alpha value is -1.96. The Morgan fingerprint density at radius 3 is 2.33 bits per heavy atom. The molecule has 0 spiro atoms. The number of rotatable bonds is 6. The van der Waals surface area contributed by atoms with E-state index < -0.39 is 0 Å². The normalized spacial score (nSPS) is 9.72. The van der Waals surface area contributed by atoms with Gasteiger partial charge in [0.15, 0.2) is 0 Å². The molecule has 0 aliphatic rings. The number of anilines is 1. The molecule has 0 fully saturated rings. The summed E-state index contributed by atoms with van der Waals surface area (Å²) in [7, 11) is 0. The second-order valence-corrected chi connectivity index (χ2v) is 4.46. The van der Waals surface area contributed by atoms with Crippen molar-refractivity contribution in [2.75, 3.05) is 5.32 Å². The third-order valence-electron chi connectivity index (χ3n) is 2.96. The zero-order valence-electron chi connectivity index (χ0n) is 11.6. The van der Waals surface area contributed by atoms with Gasteiger partial charge in [-0.2, -0.15) is 0 Å². The lowest BCUT2D eigenvalue weighted by molar-refractivity contribution is 0.959. The molecule has 0 heterocycles. The van der Waals surface area contributed by atoms with Crippen molar-refractivity contribution in [1.82, 2.24) is 5.32 Å². The second-order valence-electron chi connectivity index (χ2n) is 4.46. The zero-order chi connectivity index (χ0) is 13.7. The summed E-state index contributed by atoms with van der Waals surface area (Å²) < 4.78 is 0. The van der Waals surface area contributed by atoms with Crippen LogP contribution in [0.15, 0.2) is 55.0 Å². The van der Waals surface area contributed by atoms with E-state index in [1.165, 1.54) is 11.1 Å². The number of nitrogens with one attached hydrogen (secondary N) is 2. The van der Waals surface area contributed by atoms with E-state index in [1.54, 1.807) is 0 Å². The molecular formula is C16H22N2. The molecule has 0 radical (unpaired) electrons. The molecule has 2 heteroatoms. The van der Waals surface area contributed by atoms with Crippen LogP contribution in [0.2, 0.25) is 0 Å². The molecule has 0 aliphatic heterocycles. The van der Waals surface area contributed by atoms with E-state index in [0.29, 0.717) is 5.82 Å². The lowest BCUT2D eigenvalue weighted by Gasteiger charge is -2.15. The molecule has 0 bridgehead atoms. The first-order valence-corrected chi connectivity index (χ1v) is 6.11. The minimum Gasteiger partial charge on any atom is -0.343 e. The third kappa shape index (κ3) is 3.81. The molecule has 2 nitrogen and oxygen atoms in total. The number of allylic oxidation sites excluding steroid dienone is 1. The van der Waals surface area contributed by atoms with Crippen LogP contribution in [0.25, 0.3) is 0 Å². The Kier molecular flexibility index (Phi) is 4.78. The minimum atomic E-state index is 0.706. The van der Waals surface area contributed by atoms with E-state index in [9.17, 15) is 0 Å². The highest BCUT2D eigenvalue weighted by molar-refractivity contribution is 5.51. The molecule has 1 aromatic rings. The molecule has 0 unspecified atom stereocenters. The van der Waals surface area contributed by atoms with Crippen molar-refractivity contribution in [2.45, 2.75) is 27.2 Å². The van der Waals surface area contributed by atoms with Crippen LogP contribution < -0.4 is 10.6 Å². The first kappa shape index (κ1) is 14.1. The monoisotopic (exact) mass is 242 g/mol. The van der Waals surface area contributed by atoms with Crippen molar-refractivity contribution in [3.05, 3.63) is 66.2 Å². The van der Waals surface area contributed by atoms with Crippen molar-refractivity contribution in [1.29, 1.82) is 0 Å². The summed E-state index contributed by atoms with van der Waals surface area (Å²) in [5.74, 6) is 0.706. The molecule has 1 aromatic carbocycles. The molecule has 0 saturated heterocycles. The summed E-state index contributed by atoms with van der Waals surface area (Å²) in [5.41, 5.74) is 5.34. The van der Waals surface area contributed by atoms with E-state index in [1.807, 2.05) is 6.07 Å². The maximum atomic E-state index is 3.93. The van der Waals surface area contributed by atoms with E-state index >= 15 is 0 Å². The van der Waals surface area contributed by atoms with Gasteiger partial charge in [-0.1, -0.05) is 32.7 Å². The van der Waals surface area contributed by atoms with Crippen LogP contribution in [0.3, 0.4) is 0 Å². The van der Waals surface area contributed by atoms with Crippen LogP contribution in [0.1, 0.15) is 24.5 Å². The van der Waals surface area contributed by atoms with Gasteiger partial charge in [-0.3, -0.25) is 0 Å². The van der Waals surface area contributed by atoms with Crippen LogP contribution in [-0.2, 0) is 0 Å². The van der Waals surface area contributed by atoms with Crippen LogP contribution in [0.5, 0.6) is 0 Å². The van der Waals surface area contributed by atoms with Gasteiger partial charge in [0.1, 0.15) is 5.82 Å². The van der Waals surface area contributed by atoms with E-state index in [0.717, 1.165) is 23.4 Å². The summed E-state index contributed by atoms with van der Waals surface area (Å²) in [4.78, 5) is 0. The van der Waals surface area contributed by atoms with Gasteiger partial charge in [-0.05, 0) is 49.1 Å². The molecular weight excluding hydrogens is 220 g/mol. The van der Waals surface area contributed by atoms with E-state index in [4.69, 9.17) is 0 Å². The number of aryl methyl sites for hydroxylation is 2. The summed E-state index contributed by atoms with van der Waals surface area (Å²) in [5, 5.41) is 6.33. The highest BCUT2D eigenvalue weighted by Crippen LogP contribution is 2.16. The minimum absolute atomic E-state index is 0.706. The lowest BCUT2D eigenvalue weighted by Crippen LogP contribution is -2.18. The highest BCUT2D eigenvalue weighted by atomic mass is 15.1. The van der Waals surface area contributed by atoms with Crippen molar-refractivity contribution in [3.8, 4) is 0 Å². The topological polar surface area (TPSA) is 24.1 Å². The standard InChI is InChI=1S/C16H22N2/c1-7-11(2)14(5)17-15(6)18-16-9-8-12(3)13(4)10-16/h8-10,17-18H,2,5-7H2,1,3-4H3. The number of hydrogen-bond acceptors (Lipinski definition) is 2. The third-order valence-corrected chi connectivity index (χ3v) is 2.96. The van der Waals surface area contributed by atoms with Crippen molar-refractivity contribution < 1.29 is 0 Å². The largest absolute Gasteiger partial charge is 0.343 e. The molecule has 0 saturated carbocycles. The van der Waals surface area contributed by atoms with Gasteiger partial charge in [0.05, 0.1) is 0 Å². The first-order chi connectivity index (χ1) is 8.43. The molecule has 0 aromatic heterocycles. The van der Waals surface area contributed by atoms with Crippen molar-refractivity contribution in [2.24, 2.45) is 0 Å². The summed E-state index contributed by atoms with van der Waals surface area (Å²) in [6.45, 7) is 18.0. The fourth-order valence-corrected chi connectivity index (χ4v) is 1.51. The van der Waals surface area contributed by atoms with Gasteiger partial charge in [0.2, 0.25) is 0 Å². The quantitative estimate of drug-likeness (QED) is 0.728. The second kappa shape index (κ2) is 6.10. The van der Waals surface area contributed by atoms with E-state index in [-0.39, 0.29) is 0 Å².